The number of nitrogens with two attached hydrogens (primary N) is 1. The Labute approximate surface area is 143 Å². The fraction of sp³-hybridized carbons (Fsp3) is 0.143. The molecule has 0 spiro atoms. The summed E-state index contributed by atoms with van der Waals surface area (Å²) in [5, 5.41) is 0.249. The monoisotopic (exact) mass is 371 g/mol. The zero-order valence-electron chi connectivity index (χ0n) is 11.8. The van der Waals surface area contributed by atoms with Crippen LogP contribution in [0.1, 0.15) is 0 Å². The van der Waals surface area contributed by atoms with E-state index >= 15 is 0 Å². The second-order valence-electron chi connectivity index (χ2n) is 4.48. The Kier molecular flexibility index (Phi) is 6.00. The van der Waals surface area contributed by atoms with Crippen LogP contribution in [0, 0.1) is 0 Å². The van der Waals surface area contributed by atoms with Gasteiger partial charge in [0.1, 0.15) is 5.25 Å². The van der Waals surface area contributed by atoms with Crippen LogP contribution in [0.4, 0.5) is 0 Å². The van der Waals surface area contributed by atoms with E-state index < -0.39 is 21.2 Å². The van der Waals surface area contributed by atoms with Gasteiger partial charge in [-0.1, -0.05) is 29.4 Å². The molecule has 6 nitrogen and oxygen atoms in total. The molecule has 0 saturated heterocycles. The summed E-state index contributed by atoms with van der Waals surface area (Å²) in [6.07, 6.45) is 1.58. The predicted octanol–water partition coefficient (Wildman–Crippen LogP) is 1.66. The van der Waals surface area contributed by atoms with Crippen molar-refractivity contribution in [3.8, 4) is 0 Å². The zero-order chi connectivity index (χ0) is 16.9. The molecule has 1 atom stereocenters. The van der Waals surface area contributed by atoms with Crippen LogP contribution in [0.2, 0.25) is 5.02 Å². The van der Waals surface area contributed by atoms with Crippen LogP contribution >= 0.6 is 23.4 Å². The van der Waals surface area contributed by atoms with Crippen LogP contribution < -0.4 is 10.5 Å². The summed E-state index contributed by atoms with van der Waals surface area (Å²) in [6.45, 7) is -0.137. The van der Waals surface area contributed by atoms with Gasteiger partial charge in [0, 0.05) is 17.8 Å². The number of nitrogens with one attached hydrogen (secondary N) is 1. The third kappa shape index (κ3) is 5.21. The van der Waals surface area contributed by atoms with Crippen molar-refractivity contribution in [2.75, 3.05) is 6.54 Å². The van der Waals surface area contributed by atoms with E-state index in [9.17, 15) is 13.2 Å². The van der Waals surface area contributed by atoms with Crippen molar-refractivity contribution in [2.45, 2.75) is 15.2 Å². The summed E-state index contributed by atoms with van der Waals surface area (Å²) in [4.78, 5) is 15.7. The van der Waals surface area contributed by atoms with E-state index in [-0.39, 0.29) is 11.4 Å². The molecule has 122 valence electrons. The number of amides is 1. The predicted molar refractivity (Wildman–Crippen MR) is 89.7 cm³/mol. The fourth-order valence-corrected chi connectivity index (χ4v) is 3.78. The molecule has 1 aromatic carbocycles. The van der Waals surface area contributed by atoms with E-state index in [1.165, 1.54) is 24.3 Å². The molecule has 0 fully saturated rings. The lowest BCUT2D eigenvalue weighted by Gasteiger charge is -2.14. The van der Waals surface area contributed by atoms with Gasteiger partial charge in [-0.05, 0) is 36.4 Å². The fourth-order valence-electron chi connectivity index (χ4n) is 1.65. The number of sulfonamides is 1. The average Bonchev–Trinajstić information content (AvgIpc) is 2.52. The lowest BCUT2D eigenvalue weighted by Crippen LogP contribution is -2.38. The number of hydrogen-bond acceptors (Lipinski definition) is 5. The zero-order valence-corrected chi connectivity index (χ0v) is 14.2. The van der Waals surface area contributed by atoms with Gasteiger partial charge in [0.15, 0.2) is 0 Å². The van der Waals surface area contributed by atoms with E-state index in [2.05, 4.69) is 9.71 Å². The smallest absolute Gasteiger partial charge is 0.240 e. The first-order chi connectivity index (χ1) is 10.9. The number of thioether (sulfide) groups is 1. The number of primary amides is 1. The Morgan fingerprint density at radius 3 is 2.52 bits per heavy atom. The molecule has 0 aliphatic carbocycles. The van der Waals surface area contributed by atoms with Crippen molar-refractivity contribution in [1.82, 2.24) is 9.71 Å². The maximum Gasteiger partial charge on any atom is 0.240 e. The Balaban J connectivity index is 2.06. The number of aromatic nitrogens is 1. The highest BCUT2D eigenvalue weighted by molar-refractivity contribution is 8.00. The van der Waals surface area contributed by atoms with Crippen molar-refractivity contribution < 1.29 is 13.2 Å². The maximum atomic E-state index is 12.2. The standard InChI is InChI=1S/C14H14ClN3O3S2/c15-10-4-6-11(7-5-10)23(20,21)18-9-12(14(16)19)22-13-3-1-2-8-17-13/h1-8,12,18H,9H2,(H2,16,19). The number of halogens is 1. The molecule has 0 aliphatic rings. The summed E-state index contributed by atoms with van der Waals surface area (Å²) in [6, 6.07) is 11.0. The van der Waals surface area contributed by atoms with E-state index in [0.717, 1.165) is 11.8 Å². The van der Waals surface area contributed by atoms with Crippen LogP contribution in [0.15, 0.2) is 58.6 Å². The molecule has 2 rings (SSSR count). The Morgan fingerprint density at radius 1 is 1.26 bits per heavy atom. The number of carbonyl (C=O) groups is 1. The Morgan fingerprint density at radius 2 is 1.96 bits per heavy atom. The minimum Gasteiger partial charge on any atom is -0.369 e. The second kappa shape index (κ2) is 7.78. The molecule has 3 N–H and O–H groups in total. The molecule has 0 radical (unpaired) electrons. The van der Waals surface area contributed by atoms with Crippen LogP contribution in [-0.4, -0.2) is 31.1 Å². The van der Waals surface area contributed by atoms with Gasteiger partial charge in [0.25, 0.3) is 0 Å². The first-order valence-corrected chi connectivity index (χ1v) is 9.25. The Hall–Kier alpha value is -1.61. The normalized spacial score (nSPS) is 12.7. The number of nitrogens with zero attached hydrogens (tertiary/aromatic N) is 1. The number of carbonyl (C=O) groups excluding carboxylic acids is 1. The minimum absolute atomic E-state index is 0.0629. The first kappa shape index (κ1) is 17.7. The third-order valence-corrected chi connectivity index (χ3v) is 5.66. The van der Waals surface area contributed by atoms with Crippen LogP contribution in [0.5, 0.6) is 0 Å². The Bertz CT molecular complexity index is 768. The summed E-state index contributed by atoms with van der Waals surface area (Å²) in [5.74, 6) is -0.626. The van der Waals surface area contributed by atoms with Crippen molar-refractivity contribution >= 4 is 39.3 Å². The van der Waals surface area contributed by atoms with Crippen LogP contribution in [0.25, 0.3) is 0 Å². The van der Waals surface area contributed by atoms with E-state index in [4.69, 9.17) is 17.3 Å². The number of benzene rings is 1. The highest BCUT2D eigenvalue weighted by Crippen LogP contribution is 2.21. The molecule has 1 heterocycles. The highest BCUT2D eigenvalue weighted by Gasteiger charge is 2.22. The van der Waals surface area contributed by atoms with Crippen molar-refractivity contribution in [3.05, 3.63) is 53.7 Å². The largest absolute Gasteiger partial charge is 0.369 e. The second-order valence-corrected chi connectivity index (χ2v) is 7.91. The van der Waals surface area contributed by atoms with Crippen LogP contribution in [0.3, 0.4) is 0 Å². The number of rotatable bonds is 7. The van der Waals surface area contributed by atoms with Gasteiger partial charge in [0.2, 0.25) is 15.9 Å². The van der Waals surface area contributed by atoms with Gasteiger partial charge >= 0.3 is 0 Å². The summed E-state index contributed by atoms with van der Waals surface area (Å²) < 4.78 is 26.8. The summed E-state index contributed by atoms with van der Waals surface area (Å²) in [5.41, 5.74) is 5.33. The van der Waals surface area contributed by atoms with Gasteiger partial charge in [-0.15, -0.1) is 0 Å². The van der Waals surface area contributed by atoms with Gasteiger partial charge in [-0.25, -0.2) is 18.1 Å². The van der Waals surface area contributed by atoms with Gasteiger partial charge in [-0.2, -0.15) is 0 Å². The number of pyridine rings is 1. The van der Waals surface area contributed by atoms with Gasteiger partial charge < -0.3 is 5.73 Å². The van der Waals surface area contributed by atoms with Crippen LogP contribution in [-0.2, 0) is 14.8 Å². The summed E-state index contributed by atoms with van der Waals surface area (Å²) >= 11 is 6.84. The number of hydrogen-bond donors (Lipinski definition) is 2. The van der Waals surface area contributed by atoms with Gasteiger partial charge in [0.05, 0.1) is 9.92 Å². The topological polar surface area (TPSA) is 102 Å². The van der Waals surface area contributed by atoms with Crippen molar-refractivity contribution in [3.63, 3.8) is 0 Å². The highest BCUT2D eigenvalue weighted by atomic mass is 35.5. The van der Waals surface area contributed by atoms with E-state index in [1.807, 2.05) is 0 Å². The molecule has 2 aromatic rings. The van der Waals surface area contributed by atoms with E-state index in [1.54, 1.807) is 24.4 Å². The van der Waals surface area contributed by atoms with Crippen molar-refractivity contribution in [1.29, 1.82) is 0 Å². The SMILES string of the molecule is NC(=O)C(CNS(=O)(=O)c1ccc(Cl)cc1)Sc1ccccn1. The van der Waals surface area contributed by atoms with Crippen molar-refractivity contribution in [2.24, 2.45) is 5.73 Å². The lowest BCUT2D eigenvalue weighted by molar-refractivity contribution is -0.117. The molecule has 1 amide bonds. The molecule has 1 aromatic heterocycles. The molecule has 0 aliphatic heterocycles. The molecule has 0 bridgehead atoms. The van der Waals surface area contributed by atoms with E-state index in [0.29, 0.717) is 10.0 Å². The molecular weight excluding hydrogens is 358 g/mol. The molecular formula is C14H14ClN3O3S2. The molecule has 9 heteroatoms. The average molecular weight is 372 g/mol. The lowest BCUT2D eigenvalue weighted by atomic mass is 10.4. The van der Waals surface area contributed by atoms with Gasteiger partial charge in [-0.3, -0.25) is 4.79 Å². The quantitative estimate of drug-likeness (QED) is 0.720. The minimum atomic E-state index is -3.75. The summed E-state index contributed by atoms with van der Waals surface area (Å²) in [7, 11) is -3.75. The molecule has 1 unspecified atom stereocenters. The third-order valence-electron chi connectivity index (χ3n) is 2.80. The first-order valence-electron chi connectivity index (χ1n) is 6.51. The molecule has 23 heavy (non-hydrogen) atoms. The molecule has 0 saturated carbocycles. The maximum absolute atomic E-state index is 12.2.